The van der Waals surface area contributed by atoms with Gasteiger partial charge in [0.1, 0.15) is 16.9 Å². The fourth-order valence-corrected chi connectivity index (χ4v) is 2.32. The Labute approximate surface area is 107 Å². The number of oxazole rings is 1. The summed E-state index contributed by atoms with van der Waals surface area (Å²) in [5.41, 5.74) is 8.73. The van der Waals surface area contributed by atoms with Crippen molar-refractivity contribution in [1.29, 1.82) is 0 Å². The molecule has 0 spiro atoms. The van der Waals surface area contributed by atoms with Gasteiger partial charge in [0.2, 0.25) is 0 Å². The standard InChI is InChI=1S/C12H10N4OS/c1-7-4-11(15-6-14-7)18-12-16-9-3-2-8(13)5-10(9)17-12/h2-6H,13H2,1H3. The van der Waals surface area contributed by atoms with Gasteiger partial charge in [-0.05, 0) is 36.9 Å². The number of benzene rings is 1. The molecule has 0 saturated carbocycles. The lowest BCUT2D eigenvalue weighted by molar-refractivity contribution is 0.489. The van der Waals surface area contributed by atoms with Crippen LogP contribution in [0.25, 0.3) is 11.1 Å². The molecule has 0 fully saturated rings. The van der Waals surface area contributed by atoms with Gasteiger partial charge in [-0.1, -0.05) is 0 Å². The molecule has 2 aromatic heterocycles. The van der Waals surface area contributed by atoms with Crippen molar-refractivity contribution in [2.75, 3.05) is 5.73 Å². The Morgan fingerprint density at radius 3 is 2.94 bits per heavy atom. The summed E-state index contributed by atoms with van der Waals surface area (Å²) in [4.78, 5) is 12.6. The Kier molecular flexibility index (Phi) is 2.64. The Balaban J connectivity index is 1.95. The Bertz CT molecular complexity index is 710. The van der Waals surface area contributed by atoms with Gasteiger partial charge in [0.15, 0.2) is 5.58 Å². The van der Waals surface area contributed by atoms with Crippen LogP contribution in [0.1, 0.15) is 5.69 Å². The van der Waals surface area contributed by atoms with Crippen molar-refractivity contribution in [1.82, 2.24) is 15.0 Å². The minimum absolute atomic E-state index is 0.550. The average Bonchev–Trinajstić information content (AvgIpc) is 2.70. The minimum Gasteiger partial charge on any atom is -0.431 e. The molecule has 2 N–H and O–H groups in total. The van der Waals surface area contributed by atoms with Crippen LogP contribution in [0, 0.1) is 6.92 Å². The average molecular weight is 258 g/mol. The Morgan fingerprint density at radius 2 is 2.11 bits per heavy atom. The van der Waals surface area contributed by atoms with E-state index < -0.39 is 0 Å². The first-order valence-corrected chi connectivity index (χ1v) is 6.15. The van der Waals surface area contributed by atoms with Crippen molar-refractivity contribution in [3.8, 4) is 0 Å². The van der Waals surface area contributed by atoms with E-state index in [0.717, 1.165) is 16.2 Å². The predicted molar refractivity (Wildman–Crippen MR) is 69.3 cm³/mol. The molecule has 18 heavy (non-hydrogen) atoms. The molecule has 5 nitrogen and oxygen atoms in total. The quantitative estimate of drug-likeness (QED) is 0.562. The van der Waals surface area contributed by atoms with E-state index in [2.05, 4.69) is 15.0 Å². The molecule has 0 bridgehead atoms. The van der Waals surface area contributed by atoms with Gasteiger partial charge >= 0.3 is 0 Å². The molecule has 1 aromatic carbocycles. The van der Waals surface area contributed by atoms with Crippen molar-refractivity contribution in [3.63, 3.8) is 0 Å². The predicted octanol–water partition coefficient (Wildman–Crippen LogP) is 2.66. The lowest BCUT2D eigenvalue weighted by atomic mass is 10.3. The molecule has 0 radical (unpaired) electrons. The highest BCUT2D eigenvalue weighted by Crippen LogP contribution is 2.29. The number of hydrogen-bond acceptors (Lipinski definition) is 6. The van der Waals surface area contributed by atoms with Gasteiger partial charge in [0.25, 0.3) is 5.22 Å². The number of nitrogen functional groups attached to an aromatic ring is 1. The van der Waals surface area contributed by atoms with Crippen molar-refractivity contribution in [2.24, 2.45) is 0 Å². The van der Waals surface area contributed by atoms with Crippen LogP contribution in [0.2, 0.25) is 0 Å². The fraction of sp³-hybridized carbons (Fsp3) is 0.0833. The molecule has 0 amide bonds. The van der Waals surface area contributed by atoms with Crippen LogP contribution in [0.4, 0.5) is 5.69 Å². The van der Waals surface area contributed by atoms with E-state index >= 15 is 0 Å². The third kappa shape index (κ3) is 2.14. The van der Waals surface area contributed by atoms with Crippen LogP contribution in [0.15, 0.2) is 45.3 Å². The van der Waals surface area contributed by atoms with Crippen molar-refractivity contribution in [3.05, 3.63) is 36.3 Å². The van der Waals surface area contributed by atoms with Gasteiger partial charge in [-0.3, -0.25) is 0 Å². The second-order valence-electron chi connectivity index (χ2n) is 3.81. The van der Waals surface area contributed by atoms with Crippen LogP contribution in [-0.2, 0) is 0 Å². The molecular weight excluding hydrogens is 248 g/mol. The summed E-state index contributed by atoms with van der Waals surface area (Å²) < 4.78 is 5.60. The third-order valence-corrected chi connectivity index (χ3v) is 3.15. The number of fused-ring (bicyclic) bond motifs is 1. The zero-order valence-electron chi connectivity index (χ0n) is 9.62. The summed E-state index contributed by atoms with van der Waals surface area (Å²) in [5.74, 6) is 0. The summed E-state index contributed by atoms with van der Waals surface area (Å²) in [6.45, 7) is 1.92. The normalized spacial score (nSPS) is 10.9. The number of hydrogen-bond donors (Lipinski definition) is 1. The van der Waals surface area contributed by atoms with Crippen LogP contribution >= 0.6 is 11.8 Å². The number of anilines is 1. The molecule has 0 unspecified atom stereocenters. The number of rotatable bonds is 2. The zero-order chi connectivity index (χ0) is 12.5. The first kappa shape index (κ1) is 11.0. The molecule has 0 saturated heterocycles. The second-order valence-corrected chi connectivity index (χ2v) is 4.78. The summed E-state index contributed by atoms with van der Waals surface area (Å²) >= 11 is 1.36. The minimum atomic E-state index is 0.550. The van der Waals surface area contributed by atoms with Crippen LogP contribution < -0.4 is 5.73 Å². The van der Waals surface area contributed by atoms with Gasteiger partial charge in [-0.15, -0.1) is 0 Å². The van der Waals surface area contributed by atoms with Crippen LogP contribution in [-0.4, -0.2) is 15.0 Å². The highest BCUT2D eigenvalue weighted by molar-refractivity contribution is 7.99. The number of nitrogens with two attached hydrogens (primary N) is 1. The van der Waals surface area contributed by atoms with E-state index in [1.165, 1.54) is 18.1 Å². The molecule has 0 atom stereocenters. The molecular formula is C12H10N4OS. The van der Waals surface area contributed by atoms with Crippen LogP contribution in [0.5, 0.6) is 0 Å². The molecule has 0 aliphatic rings. The first-order chi connectivity index (χ1) is 8.70. The van der Waals surface area contributed by atoms with Crippen LogP contribution in [0.3, 0.4) is 0 Å². The van der Waals surface area contributed by atoms with Gasteiger partial charge in [-0.2, -0.15) is 0 Å². The molecule has 3 rings (SSSR count). The van der Waals surface area contributed by atoms with E-state index in [1.807, 2.05) is 19.1 Å². The third-order valence-electron chi connectivity index (χ3n) is 2.36. The highest BCUT2D eigenvalue weighted by Gasteiger charge is 2.08. The molecule has 90 valence electrons. The van der Waals surface area contributed by atoms with Crippen molar-refractivity contribution < 1.29 is 4.42 Å². The van der Waals surface area contributed by atoms with E-state index in [4.69, 9.17) is 10.2 Å². The van der Waals surface area contributed by atoms with E-state index in [1.54, 1.807) is 12.1 Å². The highest BCUT2D eigenvalue weighted by atomic mass is 32.2. The van der Waals surface area contributed by atoms with Gasteiger partial charge < -0.3 is 10.2 Å². The zero-order valence-corrected chi connectivity index (χ0v) is 10.4. The monoisotopic (exact) mass is 258 g/mol. The molecule has 6 heteroatoms. The van der Waals surface area contributed by atoms with E-state index in [9.17, 15) is 0 Å². The summed E-state index contributed by atoms with van der Waals surface area (Å²) in [7, 11) is 0. The summed E-state index contributed by atoms with van der Waals surface area (Å²) in [6.07, 6.45) is 1.53. The Morgan fingerprint density at radius 1 is 1.22 bits per heavy atom. The maximum atomic E-state index is 5.69. The molecule has 3 aromatic rings. The fourth-order valence-electron chi connectivity index (χ4n) is 1.54. The molecule has 0 aliphatic carbocycles. The van der Waals surface area contributed by atoms with Gasteiger partial charge in [0, 0.05) is 17.4 Å². The molecule has 2 heterocycles. The smallest absolute Gasteiger partial charge is 0.263 e. The summed E-state index contributed by atoms with van der Waals surface area (Å²) in [5, 5.41) is 1.36. The largest absolute Gasteiger partial charge is 0.431 e. The lowest BCUT2D eigenvalue weighted by Gasteiger charge is -1.95. The molecule has 0 aliphatic heterocycles. The number of aryl methyl sites for hydroxylation is 1. The SMILES string of the molecule is Cc1cc(Sc2nc3ccc(N)cc3o2)ncn1. The van der Waals surface area contributed by atoms with Gasteiger partial charge in [0.05, 0.1) is 0 Å². The van der Waals surface area contributed by atoms with E-state index in [0.29, 0.717) is 16.5 Å². The number of aromatic nitrogens is 3. The van der Waals surface area contributed by atoms with E-state index in [-0.39, 0.29) is 0 Å². The number of nitrogens with zero attached hydrogens (tertiary/aromatic N) is 3. The Hall–Kier alpha value is -2.08. The van der Waals surface area contributed by atoms with Crippen molar-refractivity contribution in [2.45, 2.75) is 17.2 Å². The lowest BCUT2D eigenvalue weighted by Crippen LogP contribution is -1.85. The second kappa shape index (κ2) is 4.30. The maximum absolute atomic E-state index is 5.69. The first-order valence-electron chi connectivity index (χ1n) is 5.33. The maximum Gasteiger partial charge on any atom is 0.263 e. The van der Waals surface area contributed by atoms with Crippen molar-refractivity contribution >= 4 is 28.5 Å². The summed E-state index contributed by atoms with van der Waals surface area (Å²) in [6, 6.07) is 7.28. The topological polar surface area (TPSA) is 77.8 Å². The van der Waals surface area contributed by atoms with Gasteiger partial charge in [-0.25, -0.2) is 15.0 Å².